The first-order valence-corrected chi connectivity index (χ1v) is 6.40. The number of fused-ring (bicyclic) bond motifs is 1. The highest BCUT2D eigenvalue weighted by atomic mass is 16.3. The van der Waals surface area contributed by atoms with Gasteiger partial charge in [0.15, 0.2) is 0 Å². The first kappa shape index (κ1) is 13.1. The van der Waals surface area contributed by atoms with Crippen LogP contribution < -0.4 is 5.32 Å². The van der Waals surface area contributed by atoms with Crippen molar-refractivity contribution < 1.29 is 19.4 Å². The highest BCUT2D eigenvalue weighted by Gasteiger charge is 2.10. The molecule has 0 radical (unpaired) electrons. The van der Waals surface area contributed by atoms with Gasteiger partial charge < -0.3 is 19.9 Å². The maximum absolute atomic E-state index is 12.0. The molecule has 21 heavy (non-hydrogen) atoms. The summed E-state index contributed by atoms with van der Waals surface area (Å²) >= 11 is 0. The van der Waals surface area contributed by atoms with Gasteiger partial charge in [-0.3, -0.25) is 4.79 Å². The number of furan rings is 1. The van der Waals surface area contributed by atoms with Crippen LogP contribution in [0, 0.1) is 0 Å². The van der Waals surface area contributed by atoms with E-state index in [9.17, 15) is 15.0 Å². The molecule has 3 N–H and O–H groups in total. The van der Waals surface area contributed by atoms with Gasteiger partial charge >= 0.3 is 0 Å². The Balaban J connectivity index is 1.73. The van der Waals surface area contributed by atoms with E-state index in [2.05, 4.69) is 5.32 Å². The van der Waals surface area contributed by atoms with E-state index in [4.69, 9.17) is 4.42 Å². The molecule has 0 unspecified atom stereocenters. The number of carbonyl (C=O) groups is 1. The molecule has 0 saturated carbocycles. The van der Waals surface area contributed by atoms with Gasteiger partial charge in [-0.15, -0.1) is 0 Å². The van der Waals surface area contributed by atoms with Crippen LogP contribution in [0.25, 0.3) is 11.0 Å². The quantitative estimate of drug-likeness (QED) is 0.690. The Morgan fingerprint density at radius 3 is 2.48 bits per heavy atom. The molecular formula is C16H13NO4. The van der Waals surface area contributed by atoms with Crippen molar-refractivity contribution in [3.05, 3.63) is 59.9 Å². The lowest BCUT2D eigenvalue weighted by Gasteiger charge is -2.04. The van der Waals surface area contributed by atoms with Gasteiger partial charge in [0.25, 0.3) is 5.91 Å². The number of nitrogens with one attached hydrogen (secondary N) is 1. The van der Waals surface area contributed by atoms with Crippen LogP contribution >= 0.6 is 0 Å². The lowest BCUT2D eigenvalue weighted by atomic mass is 10.2. The Bertz CT molecular complexity index is 754. The fraction of sp³-hybridized carbons (Fsp3) is 0.0625. The lowest BCUT2D eigenvalue weighted by Crippen LogP contribution is -2.22. The van der Waals surface area contributed by atoms with Crippen molar-refractivity contribution in [1.82, 2.24) is 5.32 Å². The molecule has 0 aliphatic rings. The summed E-state index contributed by atoms with van der Waals surface area (Å²) in [6, 6.07) is 13.2. The second kappa shape index (κ2) is 5.20. The number of phenolic OH excluding ortho intramolecular Hbond substituents is 2. The fourth-order valence-electron chi connectivity index (χ4n) is 2.12. The molecule has 0 atom stereocenters. The number of aromatic hydroxyl groups is 2. The SMILES string of the molecule is O=C(NCc1cc2ccccc2o1)c1cc(O)cc(O)c1. The number of carbonyl (C=O) groups excluding carboxylic acids is 1. The van der Waals surface area contributed by atoms with Crippen LogP contribution in [0.5, 0.6) is 11.5 Å². The average Bonchev–Trinajstić information content (AvgIpc) is 2.86. The zero-order chi connectivity index (χ0) is 14.8. The third kappa shape index (κ3) is 2.81. The predicted octanol–water partition coefficient (Wildman–Crippen LogP) is 2.77. The van der Waals surface area contributed by atoms with Gasteiger partial charge in [0.1, 0.15) is 22.8 Å². The van der Waals surface area contributed by atoms with Crippen LogP contribution in [-0.2, 0) is 6.54 Å². The molecule has 3 rings (SSSR count). The van der Waals surface area contributed by atoms with Gasteiger partial charge in [-0.25, -0.2) is 0 Å². The minimum atomic E-state index is -0.401. The highest BCUT2D eigenvalue weighted by Crippen LogP contribution is 2.21. The topological polar surface area (TPSA) is 82.7 Å². The maximum Gasteiger partial charge on any atom is 0.251 e. The van der Waals surface area contributed by atoms with Gasteiger partial charge in [0.05, 0.1) is 6.54 Å². The van der Waals surface area contributed by atoms with E-state index in [1.807, 2.05) is 30.3 Å². The zero-order valence-electron chi connectivity index (χ0n) is 11.0. The van der Waals surface area contributed by atoms with Gasteiger partial charge in [0.2, 0.25) is 0 Å². The van der Waals surface area contributed by atoms with Gasteiger partial charge in [-0.05, 0) is 24.3 Å². The van der Waals surface area contributed by atoms with Crippen molar-refractivity contribution in [2.75, 3.05) is 0 Å². The molecule has 0 aliphatic carbocycles. The summed E-state index contributed by atoms with van der Waals surface area (Å²) in [5.41, 5.74) is 0.945. The van der Waals surface area contributed by atoms with Crippen LogP contribution in [0.1, 0.15) is 16.1 Å². The van der Waals surface area contributed by atoms with E-state index >= 15 is 0 Å². The molecule has 1 amide bonds. The number of para-hydroxylation sites is 1. The monoisotopic (exact) mass is 283 g/mol. The van der Waals surface area contributed by atoms with Gasteiger partial charge in [-0.1, -0.05) is 18.2 Å². The van der Waals surface area contributed by atoms with E-state index in [-0.39, 0.29) is 23.6 Å². The number of hydrogen-bond donors (Lipinski definition) is 3. The summed E-state index contributed by atoms with van der Waals surface area (Å²) in [4.78, 5) is 12.0. The Kier molecular flexibility index (Phi) is 3.23. The first-order valence-electron chi connectivity index (χ1n) is 6.40. The van der Waals surface area contributed by atoms with Gasteiger partial charge in [0, 0.05) is 17.0 Å². The molecule has 0 saturated heterocycles. The summed E-state index contributed by atoms with van der Waals surface area (Å²) in [6.07, 6.45) is 0. The molecule has 0 fully saturated rings. The molecule has 1 heterocycles. The van der Waals surface area contributed by atoms with E-state index in [0.29, 0.717) is 5.76 Å². The van der Waals surface area contributed by atoms with Crippen molar-refractivity contribution in [2.24, 2.45) is 0 Å². The molecule has 2 aromatic carbocycles. The molecule has 0 bridgehead atoms. The third-order valence-electron chi connectivity index (χ3n) is 3.06. The molecule has 3 aromatic rings. The summed E-state index contributed by atoms with van der Waals surface area (Å²) in [5.74, 6) is -0.0941. The smallest absolute Gasteiger partial charge is 0.251 e. The average molecular weight is 283 g/mol. The van der Waals surface area contributed by atoms with Crippen molar-refractivity contribution in [2.45, 2.75) is 6.54 Å². The molecule has 5 nitrogen and oxygen atoms in total. The maximum atomic E-state index is 12.0. The molecule has 5 heteroatoms. The fourth-order valence-corrected chi connectivity index (χ4v) is 2.12. The number of benzene rings is 2. The van der Waals surface area contributed by atoms with Gasteiger partial charge in [-0.2, -0.15) is 0 Å². The first-order chi connectivity index (χ1) is 10.1. The summed E-state index contributed by atoms with van der Waals surface area (Å²) in [5, 5.41) is 22.4. The van der Waals surface area contributed by atoms with E-state index in [1.54, 1.807) is 0 Å². The second-order valence-corrected chi connectivity index (χ2v) is 4.67. The van der Waals surface area contributed by atoms with E-state index < -0.39 is 5.91 Å². The highest BCUT2D eigenvalue weighted by molar-refractivity contribution is 5.95. The molecule has 0 spiro atoms. The number of amides is 1. The molecular weight excluding hydrogens is 270 g/mol. The van der Waals surface area contributed by atoms with Crippen LogP contribution in [0.15, 0.2) is 52.9 Å². The van der Waals surface area contributed by atoms with Crippen LogP contribution in [0.2, 0.25) is 0 Å². The second-order valence-electron chi connectivity index (χ2n) is 4.67. The summed E-state index contributed by atoms with van der Waals surface area (Å²) < 4.78 is 5.59. The molecule has 0 aliphatic heterocycles. The van der Waals surface area contributed by atoms with Crippen LogP contribution in [0.4, 0.5) is 0 Å². The van der Waals surface area contributed by atoms with E-state index in [1.165, 1.54) is 12.1 Å². The van der Waals surface area contributed by atoms with Crippen molar-refractivity contribution >= 4 is 16.9 Å². The standard InChI is InChI=1S/C16H13NO4/c18-12-5-11(6-13(19)8-12)16(20)17-9-14-7-10-3-1-2-4-15(10)21-14/h1-8,18-19H,9H2,(H,17,20). The van der Waals surface area contributed by atoms with Crippen molar-refractivity contribution in [3.63, 3.8) is 0 Å². The van der Waals surface area contributed by atoms with Crippen molar-refractivity contribution in [3.8, 4) is 11.5 Å². The van der Waals surface area contributed by atoms with Crippen LogP contribution in [0.3, 0.4) is 0 Å². The minimum Gasteiger partial charge on any atom is -0.508 e. The Morgan fingerprint density at radius 2 is 1.76 bits per heavy atom. The summed E-state index contributed by atoms with van der Waals surface area (Å²) in [6.45, 7) is 0.226. The Morgan fingerprint density at radius 1 is 1.05 bits per heavy atom. The number of hydrogen-bond acceptors (Lipinski definition) is 4. The van der Waals surface area contributed by atoms with Crippen LogP contribution in [-0.4, -0.2) is 16.1 Å². The van der Waals surface area contributed by atoms with E-state index in [0.717, 1.165) is 17.0 Å². The number of phenols is 2. The Hall–Kier alpha value is -2.95. The third-order valence-corrected chi connectivity index (χ3v) is 3.06. The predicted molar refractivity (Wildman–Crippen MR) is 77.2 cm³/mol. The molecule has 1 aromatic heterocycles. The zero-order valence-corrected chi connectivity index (χ0v) is 11.0. The van der Waals surface area contributed by atoms with Crippen molar-refractivity contribution in [1.29, 1.82) is 0 Å². The number of rotatable bonds is 3. The summed E-state index contributed by atoms with van der Waals surface area (Å²) in [7, 11) is 0. The largest absolute Gasteiger partial charge is 0.508 e. The Labute approximate surface area is 120 Å². The normalized spacial score (nSPS) is 10.7. The minimum absolute atomic E-state index is 0.163. The molecule has 106 valence electrons. The lowest BCUT2D eigenvalue weighted by molar-refractivity contribution is 0.0947.